The van der Waals surface area contributed by atoms with Gasteiger partial charge in [0.1, 0.15) is 0 Å². The SMILES string of the molecule is CC(C)C(CCCN(C)C)CC(C)(C)C. The number of rotatable bonds is 6. The fraction of sp³-hybridized carbons (Fsp3) is 1.00. The van der Waals surface area contributed by atoms with E-state index in [1.807, 2.05) is 0 Å². The van der Waals surface area contributed by atoms with Gasteiger partial charge >= 0.3 is 0 Å². The molecule has 15 heavy (non-hydrogen) atoms. The quantitative estimate of drug-likeness (QED) is 0.644. The van der Waals surface area contributed by atoms with Crippen molar-refractivity contribution in [2.75, 3.05) is 20.6 Å². The third-order valence-electron chi connectivity index (χ3n) is 3.00. The van der Waals surface area contributed by atoms with Crippen molar-refractivity contribution in [1.29, 1.82) is 0 Å². The molecule has 0 amide bonds. The molecule has 0 aliphatic rings. The molecule has 0 radical (unpaired) electrons. The topological polar surface area (TPSA) is 3.24 Å². The van der Waals surface area contributed by atoms with Crippen LogP contribution in [-0.4, -0.2) is 25.5 Å². The van der Waals surface area contributed by atoms with Crippen molar-refractivity contribution in [1.82, 2.24) is 4.90 Å². The van der Waals surface area contributed by atoms with Crippen LogP contribution in [0.2, 0.25) is 0 Å². The van der Waals surface area contributed by atoms with E-state index in [1.165, 1.54) is 25.8 Å². The van der Waals surface area contributed by atoms with Gasteiger partial charge in [-0.1, -0.05) is 34.6 Å². The molecular formula is C14H31N. The van der Waals surface area contributed by atoms with E-state index in [-0.39, 0.29) is 0 Å². The monoisotopic (exact) mass is 213 g/mol. The van der Waals surface area contributed by atoms with Gasteiger partial charge in [-0.15, -0.1) is 0 Å². The average Bonchev–Trinajstić information content (AvgIpc) is 1.99. The summed E-state index contributed by atoms with van der Waals surface area (Å²) in [4.78, 5) is 2.29. The zero-order valence-corrected chi connectivity index (χ0v) is 11.9. The Hall–Kier alpha value is -0.0400. The first kappa shape index (κ1) is 15.0. The van der Waals surface area contributed by atoms with Crippen molar-refractivity contribution >= 4 is 0 Å². The van der Waals surface area contributed by atoms with E-state index < -0.39 is 0 Å². The van der Waals surface area contributed by atoms with E-state index in [4.69, 9.17) is 0 Å². The molecule has 0 aromatic rings. The molecule has 0 saturated carbocycles. The van der Waals surface area contributed by atoms with Crippen LogP contribution >= 0.6 is 0 Å². The number of nitrogens with zero attached hydrogens (tertiary/aromatic N) is 1. The Bertz CT molecular complexity index is 153. The zero-order valence-electron chi connectivity index (χ0n) is 11.9. The largest absolute Gasteiger partial charge is 0.309 e. The summed E-state index contributed by atoms with van der Waals surface area (Å²) in [7, 11) is 4.32. The van der Waals surface area contributed by atoms with E-state index in [9.17, 15) is 0 Å². The lowest BCUT2D eigenvalue weighted by atomic mass is 9.77. The minimum Gasteiger partial charge on any atom is -0.309 e. The standard InChI is InChI=1S/C14H31N/c1-12(2)13(11-14(3,4)5)9-8-10-15(6)7/h12-13H,8-11H2,1-7H3. The smallest absolute Gasteiger partial charge is 0.00247 e. The van der Waals surface area contributed by atoms with Crippen LogP contribution in [0.15, 0.2) is 0 Å². The second kappa shape index (κ2) is 6.52. The van der Waals surface area contributed by atoms with Crippen molar-refractivity contribution < 1.29 is 0 Å². The molecule has 0 aromatic carbocycles. The van der Waals surface area contributed by atoms with Crippen molar-refractivity contribution in [3.63, 3.8) is 0 Å². The summed E-state index contributed by atoms with van der Waals surface area (Å²) in [6.07, 6.45) is 4.08. The maximum Gasteiger partial charge on any atom is -0.00247 e. The van der Waals surface area contributed by atoms with Crippen LogP contribution in [0.5, 0.6) is 0 Å². The van der Waals surface area contributed by atoms with Crippen LogP contribution in [0.4, 0.5) is 0 Å². The predicted molar refractivity (Wildman–Crippen MR) is 70.2 cm³/mol. The maximum absolute atomic E-state index is 2.37. The Balaban J connectivity index is 3.95. The number of hydrogen-bond acceptors (Lipinski definition) is 1. The van der Waals surface area contributed by atoms with Crippen LogP contribution in [0.1, 0.15) is 53.9 Å². The summed E-state index contributed by atoms with van der Waals surface area (Å²) >= 11 is 0. The highest BCUT2D eigenvalue weighted by molar-refractivity contribution is 4.72. The highest BCUT2D eigenvalue weighted by Crippen LogP contribution is 2.31. The van der Waals surface area contributed by atoms with Gasteiger partial charge in [0.05, 0.1) is 0 Å². The molecular weight excluding hydrogens is 182 g/mol. The summed E-state index contributed by atoms with van der Waals surface area (Å²) in [6, 6.07) is 0. The summed E-state index contributed by atoms with van der Waals surface area (Å²) in [5.74, 6) is 1.72. The van der Waals surface area contributed by atoms with Gasteiger partial charge in [0.15, 0.2) is 0 Å². The highest BCUT2D eigenvalue weighted by Gasteiger charge is 2.20. The van der Waals surface area contributed by atoms with Gasteiger partial charge in [-0.25, -0.2) is 0 Å². The lowest BCUT2D eigenvalue weighted by molar-refractivity contribution is 0.221. The van der Waals surface area contributed by atoms with E-state index in [0.29, 0.717) is 5.41 Å². The third kappa shape index (κ3) is 8.92. The molecule has 0 fully saturated rings. The molecule has 1 nitrogen and oxygen atoms in total. The molecule has 0 rings (SSSR count). The van der Waals surface area contributed by atoms with E-state index in [1.54, 1.807) is 0 Å². The Kier molecular flexibility index (Phi) is 6.51. The van der Waals surface area contributed by atoms with Crippen LogP contribution in [-0.2, 0) is 0 Å². The summed E-state index contributed by atoms with van der Waals surface area (Å²) < 4.78 is 0. The minimum atomic E-state index is 0.479. The molecule has 1 unspecified atom stereocenters. The Morgan fingerprint density at radius 3 is 1.93 bits per heavy atom. The van der Waals surface area contributed by atoms with Crippen molar-refractivity contribution in [3.05, 3.63) is 0 Å². The second-order valence-electron chi connectivity index (χ2n) is 6.71. The van der Waals surface area contributed by atoms with Gasteiger partial charge in [-0.2, -0.15) is 0 Å². The first-order valence-corrected chi connectivity index (χ1v) is 6.37. The van der Waals surface area contributed by atoms with Crippen molar-refractivity contribution in [2.45, 2.75) is 53.9 Å². The molecule has 0 heterocycles. The molecule has 92 valence electrons. The molecule has 0 aromatic heterocycles. The maximum atomic E-state index is 2.37. The minimum absolute atomic E-state index is 0.479. The molecule has 0 aliphatic heterocycles. The average molecular weight is 213 g/mol. The summed E-state index contributed by atoms with van der Waals surface area (Å²) in [6.45, 7) is 13.0. The van der Waals surface area contributed by atoms with E-state index in [0.717, 1.165) is 11.8 Å². The molecule has 0 spiro atoms. The molecule has 0 saturated heterocycles. The molecule has 0 aliphatic carbocycles. The van der Waals surface area contributed by atoms with Gasteiger partial charge < -0.3 is 4.90 Å². The Morgan fingerprint density at radius 2 is 1.60 bits per heavy atom. The second-order valence-corrected chi connectivity index (χ2v) is 6.71. The summed E-state index contributed by atoms with van der Waals surface area (Å²) in [5.41, 5.74) is 0.479. The van der Waals surface area contributed by atoms with Gasteiger partial charge in [0.25, 0.3) is 0 Å². The predicted octanol–water partition coefficient (Wildman–Crippen LogP) is 4.04. The van der Waals surface area contributed by atoms with Gasteiger partial charge in [-0.05, 0) is 57.2 Å². The summed E-state index contributed by atoms with van der Waals surface area (Å²) in [5, 5.41) is 0. The lowest BCUT2D eigenvalue weighted by Crippen LogP contribution is -2.20. The van der Waals surface area contributed by atoms with Crippen molar-refractivity contribution in [3.8, 4) is 0 Å². The Morgan fingerprint density at radius 1 is 1.07 bits per heavy atom. The fourth-order valence-electron chi connectivity index (χ4n) is 2.13. The highest BCUT2D eigenvalue weighted by atomic mass is 15.0. The van der Waals surface area contributed by atoms with Gasteiger partial charge in [0.2, 0.25) is 0 Å². The molecule has 0 N–H and O–H groups in total. The van der Waals surface area contributed by atoms with Crippen LogP contribution in [0.25, 0.3) is 0 Å². The fourth-order valence-corrected chi connectivity index (χ4v) is 2.13. The molecule has 0 bridgehead atoms. The third-order valence-corrected chi connectivity index (χ3v) is 3.00. The number of hydrogen-bond donors (Lipinski definition) is 0. The van der Waals surface area contributed by atoms with Crippen molar-refractivity contribution in [2.24, 2.45) is 17.3 Å². The van der Waals surface area contributed by atoms with Gasteiger partial charge in [-0.3, -0.25) is 0 Å². The normalized spacial score (nSPS) is 15.0. The molecule has 1 atom stereocenters. The van der Waals surface area contributed by atoms with Gasteiger partial charge in [0, 0.05) is 0 Å². The lowest BCUT2D eigenvalue weighted by Gasteiger charge is -2.29. The van der Waals surface area contributed by atoms with E-state index >= 15 is 0 Å². The zero-order chi connectivity index (χ0) is 12.1. The Labute approximate surface area is 97.2 Å². The first-order chi connectivity index (χ1) is 6.72. The molecule has 1 heteroatoms. The van der Waals surface area contributed by atoms with Crippen LogP contribution in [0, 0.1) is 17.3 Å². The first-order valence-electron chi connectivity index (χ1n) is 6.37. The van der Waals surface area contributed by atoms with Crippen LogP contribution < -0.4 is 0 Å². The van der Waals surface area contributed by atoms with Crippen LogP contribution in [0.3, 0.4) is 0 Å². The van der Waals surface area contributed by atoms with E-state index in [2.05, 4.69) is 53.6 Å².